The molecule has 0 radical (unpaired) electrons. The van der Waals surface area contributed by atoms with E-state index in [2.05, 4.69) is 48.2 Å². The molecule has 0 heterocycles. The highest BCUT2D eigenvalue weighted by Crippen LogP contribution is 2.28. The average Bonchev–Trinajstić information content (AvgIpc) is 2.62. The zero-order valence-corrected chi connectivity index (χ0v) is 15.4. The normalized spacial score (nSPS) is 12.2. The van der Waals surface area contributed by atoms with Crippen molar-refractivity contribution in [1.29, 1.82) is 0 Å². The summed E-state index contributed by atoms with van der Waals surface area (Å²) in [5, 5.41) is 0. The van der Waals surface area contributed by atoms with Gasteiger partial charge in [-0.15, -0.1) is 11.6 Å². The van der Waals surface area contributed by atoms with E-state index in [0.29, 0.717) is 11.9 Å². The van der Waals surface area contributed by atoms with Crippen LogP contribution in [0.4, 0.5) is 0 Å². The van der Waals surface area contributed by atoms with Crippen LogP contribution in [0.15, 0.2) is 48.5 Å². The molecule has 0 spiro atoms. The van der Waals surface area contributed by atoms with Crippen molar-refractivity contribution in [2.75, 3.05) is 26.6 Å². The Hall–Kier alpha value is -1.71. The fourth-order valence-electron chi connectivity index (χ4n) is 2.86. The van der Waals surface area contributed by atoms with Gasteiger partial charge < -0.3 is 9.47 Å². The first-order chi connectivity index (χ1) is 11.7. The van der Waals surface area contributed by atoms with Gasteiger partial charge in [-0.1, -0.05) is 36.4 Å². The second-order valence-corrected chi connectivity index (χ2v) is 6.27. The predicted molar refractivity (Wildman–Crippen MR) is 100 cm³/mol. The van der Waals surface area contributed by atoms with Gasteiger partial charge in [0.05, 0.1) is 14.2 Å². The zero-order valence-electron chi connectivity index (χ0n) is 14.7. The van der Waals surface area contributed by atoms with Crippen LogP contribution in [0.1, 0.15) is 18.1 Å². The van der Waals surface area contributed by atoms with Crippen LogP contribution in [0, 0.1) is 0 Å². The molecule has 0 aromatic heterocycles. The van der Waals surface area contributed by atoms with E-state index in [1.54, 1.807) is 14.2 Å². The van der Waals surface area contributed by atoms with Crippen molar-refractivity contribution in [1.82, 2.24) is 4.90 Å². The first kappa shape index (κ1) is 18.6. The van der Waals surface area contributed by atoms with Crippen LogP contribution in [0.5, 0.6) is 11.5 Å². The fraction of sp³-hybridized carbons (Fsp3) is 0.400. The van der Waals surface area contributed by atoms with Gasteiger partial charge >= 0.3 is 0 Å². The first-order valence-corrected chi connectivity index (χ1v) is 8.76. The van der Waals surface area contributed by atoms with Crippen molar-refractivity contribution in [3.63, 3.8) is 0 Å². The molecule has 1 atom stereocenters. The minimum Gasteiger partial charge on any atom is -0.493 e. The Labute approximate surface area is 150 Å². The SMILES string of the molecule is COc1ccc(CC(C)N(CCCl)Cc2ccccc2)cc1OC. The number of hydrogen-bond donors (Lipinski definition) is 0. The lowest BCUT2D eigenvalue weighted by molar-refractivity contribution is 0.211. The fourth-order valence-corrected chi connectivity index (χ4v) is 3.08. The Morgan fingerprint density at radius 2 is 1.67 bits per heavy atom. The molecule has 0 amide bonds. The van der Waals surface area contributed by atoms with Gasteiger partial charge in [0.25, 0.3) is 0 Å². The predicted octanol–water partition coefficient (Wildman–Crippen LogP) is 4.38. The molecule has 0 fully saturated rings. The highest BCUT2D eigenvalue weighted by Gasteiger charge is 2.15. The summed E-state index contributed by atoms with van der Waals surface area (Å²) in [4.78, 5) is 2.42. The third-order valence-corrected chi connectivity index (χ3v) is 4.37. The number of ether oxygens (including phenoxy) is 2. The smallest absolute Gasteiger partial charge is 0.160 e. The second kappa shape index (κ2) is 9.55. The highest BCUT2D eigenvalue weighted by atomic mass is 35.5. The summed E-state index contributed by atoms with van der Waals surface area (Å²) in [6, 6.07) is 17.0. The van der Waals surface area contributed by atoms with Gasteiger partial charge in [0.15, 0.2) is 11.5 Å². The number of halogens is 1. The summed E-state index contributed by atoms with van der Waals surface area (Å²) >= 11 is 6.02. The Bertz CT molecular complexity index is 618. The van der Waals surface area contributed by atoms with Gasteiger partial charge in [-0.05, 0) is 36.6 Å². The van der Waals surface area contributed by atoms with Gasteiger partial charge in [0.2, 0.25) is 0 Å². The van der Waals surface area contributed by atoms with Crippen molar-refractivity contribution >= 4 is 11.6 Å². The van der Waals surface area contributed by atoms with Crippen LogP contribution in [-0.2, 0) is 13.0 Å². The summed E-state index contributed by atoms with van der Waals surface area (Å²) in [5.74, 6) is 2.16. The molecule has 0 saturated carbocycles. The van der Waals surface area contributed by atoms with Crippen LogP contribution in [0.2, 0.25) is 0 Å². The van der Waals surface area contributed by atoms with Gasteiger partial charge in [-0.3, -0.25) is 4.90 Å². The molecular weight excluding hydrogens is 322 g/mol. The van der Waals surface area contributed by atoms with Gasteiger partial charge in [-0.2, -0.15) is 0 Å². The molecule has 0 N–H and O–H groups in total. The largest absolute Gasteiger partial charge is 0.493 e. The molecule has 2 aromatic rings. The maximum absolute atomic E-state index is 6.02. The van der Waals surface area contributed by atoms with E-state index in [4.69, 9.17) is 21.1 Å². The van der Waals surface area contributed by atoms with Crippen molar-refractivity contribution < 1.29 is 9.47 Å². The lowest BCUT2D eigenvalue weighted by Gasteiger charge is -2.29. The van der Waals surface area contributed by atoms with E-state index in [9.17, 15) is 0 Å². The molecule has 1 unspecified atom stereocenters. The highest BCUT2D eigenvalue weighted by molar-refractivity contribution is 6.18. The molecule has 2 rings (SSSR count). The first-order valence-electron chi connectivity index (χ1n) is 8.22. The molecule has 0 saturated heterocycles. The molecule has 3 nitrogen and oxygen atoms in total. The summed E-state index contributed by atoms with van der Waals surface area (Å²) in [5.41, 5.74) is 2.54. The Morgan fingerprint density at radius 1 is 0.958 bits per heavy atom. The third-order valence-electron chi connectivity index (χ3n) is 4.20. The van der Waals surface area contributed by atoms with Crippen molar-refractivity contribution in [2.45, 2.75) is 25.9 Å². The molecular formula is C20H26ClNO2. The summed E-state index contributed by atoms with van der Waals surface area (Å²) in [6.07, 6.45) is 0.935. The summed E-state index contributed by atoms with van der Waals surface area (Å²) < 4.78 is 10.7. The van der Waals surface area contributed by atoms with E-state index in [0.717, 1.165) is 31.0 Å². The molecule has 0 aliphatic heterocycles. The van der Waals surface area contributed by atoms with E-state index >= 15 is 0 Å². The summed E-state index contributed by atoms with van der Waals surface area (Å²) in [6.45, 7) is 4.01. The molecule has 0 aliphatic rings. The Balaban J connectivity index is 2.08. The summed E-state index contributed by atoms with van der Waals surface area (Å²) in [7, 11) is 3.32. The third kappa shape index (κ3) is 5.15. The number of methoxy groups -OCH3 is 2. The number of rotatable bonds is 9. The van der Waals surface area contributed by atoms with Crippen LogP contribution >= 0.6 is 11.6 Å². The van der Waals surface area contributed by atoms with Gasteiger partial charge in [0.1, 0.15) is 0 Å². The van der Waals surface area contributed by atoms with E-state index in [-0.39, 0.29) is 0 Å². The molecule has 2 aromatic carbocycles. The maximum atomic E-state index is 6.02. The van der Waals surface area contributed by atoms with Crippen LogP contribution in [-0.4, -0.2) is 37.6 Å². The minimum absolute atomic E-state index is 0.377. The number of nitrogens with zero attached hydrogens (tertiary/aromatic N) is 1. The monoisotopic (exact) mass is 347 g/mol. The van der Waals surface area contributed by atoms with Gasteiger partial charge in [-0.25, -0.2) is 0 Å². The molecule has 0 bridgehead atoms. The maximum Gasteiger partial charge on any atom is 0.160 e. The Kier molecular flexibility index (Phi) is 7.41. The van der Waals surface area contributed by atoms with Gasteiger partial charge in [0, 0.05) is 25.0 Å². The van der Waals surface area contributed by atoms with E-state index < -0.39 is 0 Å². The van der Waals surface area contributed by atoms with Crippen molar-refractivity contribution in [3.05, 3.63) is 59.7 Å². The van der Waals surface area contributed by atoms with E-state index in [1.807, 2.05) is 12.1 Å². The number of alkyl halides is 1. The number of benzene rings is 2. The second-order valence-electron chi connectivity index (χ2n) is 5.89. The number of hydrogen-bond acceptors (Lipinski definition) is 3. The molecule has 4 heteroatoms. The quantitative estimate of drug-likeness (QED) is 0.628. The van der Waals surface area contributed by atoms with Crippen LogP contribution in [0.25, 0.3) is 0 Å². The molecule has 130 valence electrons. The zero-order chi connectivity index (χ0) is 17.4. The molecule has 0 aliphatic carbocycles. The Morgan fingerprint density at radius 3 is 2.29 bits per heavy atom. The average molecular weight is 348 g/mol. The van der Waals surface area contributed by atoms with Crippen molar-refractivity contribution in [3.8, 4) is 11.5 Å². The standard InChI is InChI=1S/C20H26ClNO2/c1-16(13-18-9-10-19(23-2)20(14-18)24-3)22(12-11-21)15-17-7-5-4-6-8-17/h4-10,14,16H,11-13,15H2,1-3H3. The van der Waals surface area contributed by atoms with E-state index in [1.165, 1.54) is 11.1 Å². The lowest BCUT2D eigenvalue weighted by Crippen LogP contribution is -2.35. The lowest BCUT2D eigenvalue weighted by atomic mass is 10.0. The van der Waals surface area contributed by atoms with Crippen molar-refractivity contribution in [2.24, 2.45) is 0 Å². The molecule has 24 heavy (non-hydrogen) atoms. The van der Waals surface area contributed by atoms with Crippen LogP contribution < -0.4 is 9.47 Å². The van der Waals surface area contributed by atoms with Crippen LogP contribution in [0.3, 0.4) is 0 Å². The topological polar surface area (TPSA) is 21.7 Å². The minimum atomic E-state index is 0.377.